The smallest absolute Gasteiger partial charge is 0.126 e. The van der Waals surface area contributed by atoms with Crippen LogP contribution in [0.3, 0.4) is 0 Å². The number of aliphatic hydroxyl groups is 1. The first-order valence-electron chi connectivity index (χ1n) is 6.67. The van der Waals surface area contributed by atoms with Crippen LogP contribution in [-0.2, 0) is 4.74 Å². The van der Waals surface area contributed by atoms with Crippen LogP contribution in [0.25, 0.3) is 0 Å². The van der Waals surface area contributed by atoms with E-state index in [4.69, 9.17) is 9.47 Å². The van der Waals surface area contributed by atoms with Crippen LogP contribution in [0, 0.1) is 0 Å². The lowest BCUT2D eigenvalue weighted by Crippen LogP contribution is -2.37. The molecule has 2 unspecified atom stereocenters. The Labute approximate surface area is 115 Å². The molecule has 1 N–H and O–H groups in total. The Hall–Kier alpha value is -1.26. The van der Waals surface area contributed by atoms with Crippen molar-refractivity contribution in [3.05, 3.63) is 23.8 Å². The van der Waals surface area contributed by atoms with Crippen LogP contribution in [-0.4, -0.2) is 38.5 Å². The zero-order valence-electron chi connectivity index (χ0n) is 12.5. The summed E-state index contributed by atoms with van der Waals surface area (Å²) in [6.07, 6.45) is -0.574. The van der Waals surface area contributed by atoms with E-state index in [1.54, 1.807) is 21.1 Å². The Morgan fingerprint density at radius 3 is 2.42 bits per heavy atom. The highest BCUT2D eigenvalue weighted by Gasteiger charge is 2.21. The number of hydrogen-bond acceptors (Lipinski definition) is 4. The van der Waals surface area contributed by atoms with E-state index >= 15 is 0 Å². The normalized spacial score (nSPS) is 14.0. The molecule has 0 spiro atoms. The lowest BCUT2D eigenvalue weighted by Gasteiger charge is -2.32. The van der Waals surface area contributed by atoms with E-state index < -0.39 is 6.10 Å². The van der Waals surface area contributed by atoms with E-state index in [0.29, 0.717) is 6.61 Å². The standard InChI is InChI=1S/C15H25NO3/c1-6-16(11(2)10-18-4)13-8-7-9-14(19-5)15(13)12(3)17/h7-9,11-12,17H,6,10H2,1-5H3. The summed E-state index contributed by atoms with van der Waals surface area (Å²) in [6.45, 7) is 7.45. The van der Waals surface area contributed by atoms with E-state index in [-0.39, 0.29) is 6.04 Å². The first-order valence-corrected chi connectivity index (χ1v) is 6.67. The first-order chi connectivity index (χ1) is 9.06. The van der Waals surface area contributed by atoms with Crippen LogP contribution in [0.15, 0.2) is 18.2 Å². The molecular formula is C15H25NO3. The predicted octanol–water partition coefficient (Wildman–Crippen LogP) is 2.61. The number of benzene rings is 1. The van der Waals surface area contributed by atoms with Gasteiger partial charge in [-0.1, -0.05) is 6.07 Å². The van der Waals surface area contributed by atoms with Gasteiger partial charge >= 0.3 is 0 Å². The number of aliphatic hydroxyl groups excluding tert-OH is 1. The molecule has 4 heteroatoms. The average molecular weight is 267 g/mol. The Bertz CT molecular complexity index is 393. The minimum atomic E-state index is -0.574. The Kier molecular flexibility index (Phi) is 6.12. The highest BCUT2D eigenvalue weighted by atomic mass is 16.5. The second kappa shape index (κ2) is 7.36. The third kappa shape index (κ3) is 3.61. The summed E-state index contributed by atoms with van der Waals surface area (Å²) in [7, 11) is 3.32. The van der Waals surface area contributed by atoms with Crippen molar-refractivity contribution in [1.82, 2.24) is 0 Å². The highest BCUT2D eigenvalue weighted by molar-refractivity contribution is 5.61. The van der Waals surface area contributed by atoms with Crippen molar-refractivity contribution < 1.29 is 14.6 Å². The van der Waals surface area contributed by atoms with Crippen molar-refractivity contribution in [3.63, 3.8) is 0 Å². The summed E-state index contributed by atoms with van der Waals surface area (Å²) in [6, 6.07) is 6.07. The van der Waals surface area contributed by atoms with Gasteiger partial charge in [0.25, 0.3) is 0 Å². The molecule has 0 amide bonds. The summed E-state index contributed by atoms with van der Waals surface area (Å²) in [5, 5.41) is 10.0. The van der Waals surface area contributed by atoms with E-state index in [0.717, 1.165) is 23.5 Å². The van der Waals surface area contributed by atoms with E-state index in [1.807, 2.05) is 18.2 Å². The van der Waals surface area contributed by atoms with Crippen molar-refractivity contribution in [2.75, 3.05) is 32.3 Å². The number of likely N-dealkylation sites (N-methyl/N-ethyl adjacent to an activating group) is 1. The Morgan fingerprint density at radius 2 is 1.95 bits per heavy atom. The summed E-state index contributed by atoms with van der Waals surface area (Å²) >= 11 is 0. The van der Waals surface area contributed by atoms with Crippen LogP contribution in [0.5, 0.6) is 5.75 Å². The summed E-state index contributed by atoms with van der Waals surface area (Å²) in [4.78, 5) is 2.22. The fourth-order valence-electron chi connectivity index (χ4n) is 2.43. The van der Waals surface area contributed by atoms with Crippen LogP contribution in [0.2, 0.25) is 0 Å². The molecule has 0 saturated carbocycles. The molecule has 0 aliphatic heterocycles. The molecule has 0 radical (unpaired) electrons. The van der Waals surface area contributed by atoms with Crippen LogP contribution in [0.4, 0.5) is 5.69 Å². The third-order valence-corrected chi connectivity index (χ3v) is 3.27. The largest absolute Gasteiger partial charge is 0.496 e. The molecule has 0 fully saturated rings. The first kappa shape index (κ1) is 15.8. The third-order valence-electron chi connectivity index (χ3n) is 3.27. The minimum absolute atomic E-state index is 0.236. The Morgan fingerprint density at radius 1 is 1.26 bits per heavy atom. The molecular weight excluding hydrogens is 242 g/mol. The van der Waals surface area contributed by atoms with Gasteiger partial charge in [0.15, 0.2) is 0 Å². The molecule has 0 heterocycles. The van der Waals surface area contributed by atoms with Gasteiger partial charge < -0.3 is 19.5 Å². The quantitative estimate of drug-likeness (QED) is 0.824. The van der Waals surface area contributed by atoms with Gasteiger partial charge in [0, 0.05) is 30.9 Å². The van der Waals surface area contributed by atoms with Crippen LogP contribution >= 0.6 is 0 Å². The monoisotopic (exact) mass is 267 g/mol. The van der Waals surface area contributed by atoms with Gasteiger partial charge in [0.2, 0.25) is 0 Å². The maximum atomic E-state index is 10.0. The van der Waals surface area contributed by atoms with Gasteiger partial charge in [-0.05, 0) is 32.9 Å². The number of nitrogens with zero attached hydrogens (tertiary/aromatic N) is 1. The molecule has 19 heavy (non-hydrogen) atoms. The number of hydrogen-bond donors (Lipinski definition) is 1. The zero-order valence-corrected chi connectivity index (χ0v) is 12.5. The zero-order chi connectivity index (χ0) is 14.4. The molecule has 1 aromatic carbocycles. The molecule has 1 rings (SSSR count). The predicted molar refractivity (Wildman–Crippen MR) is 78.0 cm³/mol. The van der Waals surface area contributed by atoms with Crippen molar-refractivity contribution in [1.29, 1.82) is 0 Å². The summed E-state index contributed by atoms with van der Waals surface area (Å²) in [5.41, 5.74) is 1.83. The highest BCUT2D eigenvalue weighted by Crippen LogP contribution is 2.35. The van der Waals surface area contributed by atoms with E-state index in [9.17, 15) is 5.11 Å². The summed E-state index contributed by atoms with van der Waals surface area (Å²) < 4.78 is 10.6. The van der Waals surface area contributed by atoms with Gasteiger partial charge in [-0.15, -0.1) is 0 Å². The fourth-order valence-corrected chi connectivity index (χ4v) is 2.43. The number of rotatable bonds is 7. The SMILES string of the molecule is CCN(c1cccc(OC)c1C(C)O)C(C)COC. The fraction of sp³-hybridized carbons (Fsp3) is 0.600. The van der Waals surface area contributed by atoms with Crippen molar-refractivity contribution in [2.24, 2.45) is 0 Å². The molecule has 0 aromatic heterocycles. The second-order valence-electron chi connectivity index (χ2n) is 4.66. The second-order valence-corrected chi connectivity index (χ2v) is 4.66. The Balaban J connectivity index is 3.22. The lowest BCUT2D eigenvalue weighted by atomic mass is 10.0. The van der Waals surface area contributed by atoms with Crippen molar-refractivity contribution >= 4 is 5.69 Å². The van der Waals surface area contributed by atoms with Crippen LogP contribution < -0.4 is 9.64 Å². The summed E-state index contributed by atoms with van der Waals surface area (Å²) in [5.74, 6) is 0.718. The van der Waals surface area contributed by atoms with Gasteiger partial charge in [0.05, 0.1) is 19.8 Å². The topological polar surface area (TPSA) is 41.9 Å². The van der Waals surface area contributed by atoms with Gasteiger partial charge in [0.1, 0.15) is 5.75 Å². The van der Waals surface area contributed by atoms with E-state index in [1.165, 1.54) is 0 Å². The molecule has 2 atom stereocenters. The molecule has 0 saturated heterocycles. The maximum Gasteiger partial charge on any atom is 0.126 e. The average Bonchev–Trinajstić information content (AvgIpc) is 2.39. The molecule has 1 aromatic rings. The number of ether oxygens (including phenoxy) is 2. The van der Waals surface area contributed by atoms with Gasteiger partial charge in [-0.25, -0.2) is 0 Å². The van der Waals surface area contributed by atoms with Crippen molar-refractivity contribution in [2.45, 2.75) is 32.9 Å². The van der Waals surface area contributed by atoms with Gasteiger partial charge in [-0.3, -0.25) is 0 Å². The molecule has 0 aliphatic carbocycles. The number of anilines is 1. The lowest BCUT2D eigenvalue weighted by molar-refractivity contribution is 0.180. The minimum Gasteiger partial charge on any atom is -0.496 e. The van der Waals surface area contributed by atoms with Gasteiger partial charge in [-0.2, -0.15) is 0 Å². The molecule has 108 valence electrons. The van der Waals surface area contributed by atoms with Crippen molar-refractivity contribution in [3.8, 4) is 5.75 Å². The molecule has 0 aliphatic rings. The number of methoxy groups -OCH3 is 2. The molecule has 4 nitrogen and oxygen atoms in total. The van der Waals surface area contributed by atoms with Crippen LogP contribution in [0.1, 0.15) is 32.4 Å². The van der Waals surface area contributed by atoms with E-state index in [2.05, 4.69) is 18.7 Å². The maximum absolute atomic E-state index is 10.0. The molecule has 0 bridgehead atoms.